The first-order chi connectivity index (χ1) is 4.92. The Morgan fingerprint density at radius 3 is 2.36 bits per heavy atom. The van der Waals surface area contributed by atoms with E-state index in [0.717, 1.165) is 0 Å². The van der Waals surface area contributed by atoms with Crippen LogP contribution < -0.4 is 0 Å². The van der Waals surface area contributed by atoms with E-state index in [1.807, 2.05) is 13.8 Å². The monoisotopic (exact) mass is 188 g/mol. The van der Waals surface area contributed by atoms with Gasteiger partial charge in [0.05, 0.1) is 9.52 Å². The first-order valence-electron chi connectivity index (χ1n) is 4.27. The van der Waals surface area contributed by atoms with Gasteiger partial charge in [-0.15, -0.1) is 5.70 Å². The van der Waals surface area contributed by atoms with Crippen LogP contribution >= 0.6 is 0 Å². The molecule has 0 unspecified atom stereocenters. The number of hydrogen-bond acceptors (Lipinski definition) is 1. The molecule has 66 valence electrons. The largest absolute Gasteiger partial charge is 0.395 e. The van der Waals surface area contributed by atoms with Crippen molar-refractivity contribution in [3.05, 3.63) is 11.3 Å². The van der Waals surface area contributed by atoms with Gasteiger partial charge in [0.15, 0.2) is 0 Å². The van der Waals surface area contributed by atoms with Crippen LogP contribution in [0.3, 0.4) is 0 Å². The average Bonchev–Trinajstić information content (AvgIpc) is 1.78. The van der Waals surface area contributed by atoms with Crippen molar-refractivity contribution in [1.82, 2.24) is 0 Å². The molecule has 0 amide bonds. The van der Waals surface area contributed by atoms with Crippen LogP contribution in [0.5, 0.6) is 0 Å². The van der Waals surface area contributed by atoms with Crippen LogP contribution in [0.2, 0.25) is 5.67 Å². The van der Waals surface area contributed by atoms with Crippen molar-refractivity contribution in [1.29, 1.82) is 0 Å². The fourth-order valence-electron chi connectivity index (χ4n) is 0.925. The standard InChI is InChI=1S/C8H20OSi2/c1-7(2)5-10-6-11-8(3,4)9/h5,9H,6,10-11H2,1-4H3. The van der Waals surface area contributed by atoms with Crippen LogP contribution in [0.15, 0.2) is 11.3 Å². The Labute approximate surface area is 74.5 Å². The zero-order valence-corrected chi connectivity index (χ0v) is 11.0. The third-order valence-corrected chi connectivity index (χ3v) is 6.92. The van der Waals surface area contributed by atoms with Gasteiger partial charge in [-0.1, -0.05) is 11.2 Å². The molecule has 1 N–H and O–H groups in total. The zero-order valence-electron chi connectivity index (χ0n) is 8.15. The SMILES string of the molecule is CC(C)=C[SiH2]C[SiH2]C(C)(C)O. The van der Waals surface area contributed by atoms with Crippen molar-refractivity contribution in [2.45, 2.75) is 38.6 Å². The lowest BCUT2D eigenvalue weighted by molar-refractivity contribution is 0.166. The van der Waals surface area contributed by atoms with E-state index in [-0.39, 0.29) is 24.3 Å². The van der Waals surface area contributed by atoms with E-state index in [9.17, 15) is 5.11 Å². The van der Waals surface area contributed by atoms with Gasteiger partial charge in [0.25, 0.3) is 0 Å². The highest BCUT2D eigenvalue weighted by Crippen LogP contribution is 2.00. The summed E-state index contributed by atoms with van der Waals surface area (Å²) in [7, 11) is -0.197. The molecule has 0 heterocycles. The van der Waals surface area contributed by atoms with Gasteiger partial charge >= 0.3 is 0 Å². The highest BCUT2D eigenvalue weighted by atomic mass is 28.3. The summed E-state index contributed by atoms with van der Waals surface area (Å²) >= 11 is 0. The number of hydrogen-bond donors (Lipinski definition) is 1. The summed E-state index contributed by atoms with van der Waals surface area (Å²) in [6.07, 6.45) is 0. The Balaban J connectivity index is 3.36. The minimum Gasteiger partial charge on any atom is -0.395 e. The highest BCUT2D eigenvalue weighted by Gasteiger charge is 2.11. The van der Waals surface area contributed by atoms with Crippen molar-refractivity contribution < 1.29 is 5.11 Å². The van der Waals surface area contributed by atoms with E-state index in [2.05, 4.69) is 19.5 Å². The predicted molar refractivity (Wildman–Crippen MR) is 57.6 cm³/mol. The normalized spacial score (nSPS) is 13.5. The fourth-order valence-corrected chi connectivity index (χ4v) is 6.60. The lowest BCUT2D eigenvalue weighted by atomic mass is 10.4. The second-order valence-corrected chi connectivity index (χ2v) is 10.0. The molecule has 0 aromatic heterocycles. The number of aliphatic hydroxyl groups is 1. The summed E-state index contributed by atoms with van der Waals surface area (Å²) < 4.78 is 0. The first kappa shape index (κ1) is 11.1. The van der Waals surface area contributed by atoms with E-state index in [4.69, 9.17) is 0 Å². The Morgan fingerprint density at radius 2 is 2.00 bits per heavy atom. The lowest BCUT2D eigenvalue weighted by Crippen LogP contribution is -2.28. The molecule has 0 fully saturated rings. The second kappa shape index (κ2) is 4.90. The van der Waals surface area contributed by atoms with Crippen LogP contribution in [-0.4, -0.2) is 29.4 Å². The van der Waals surface area contributed by atoms with Gasteiger partial charge < -0.3 is 5.11 Å². The molecule has 0 spiro atoms. The Hall–Kier alpha value is 0.134. The van der Waals surface area contributed by atoms with E-state index in [1.54, 1.807) is 0 Å². The minimum absolute atomic E-state index is 0.0237. The van der Waals surface area contributed by atoms with Crippen molar-refractivity contribution in [3.8, 4) is 0 Å². The van der Waals surface area contributed by atoms with Crippen molar-refractivity contribution >= 4 is 19.0 Å². The summed E-state index contributed by atoms with van der Waals surface area (Å²) in [5, 5.41) is 9.13. The average molecular weight is 188 g/mol. The Bertz CT molecular complexity index is 132. The molecule has 0 atom stereocenters. The molecular formula is C8H20OSi2. The topological polar surface area (TPSA) is 20.2 Å². The van der Waals surface area contributed by atoms with Gasteiger partial charge in [-0.3, -0.25) is 0 Å². The van der Waals surface area contributed by atoms with Gasteiger partial charge in [0.1, 0.15) is 0 Å². The van der Waals surface area contributed by atoms with E-state index < -0.39 is 0 Å². The Kier molecular flexibility index (Phi) is 4.96. The molecule has 0 aromatic carbocycles. The van der Waals surface area contributed by atoms with Gasteiger partial charge in [-0.25, -0.2) is 0 Å². The van der Waals surface area contributed by atoms with Crippen molar-refractivity contribution in [2.75, 3.05) is 0 Å². The maximum Gasteiger partial charge on any atom is 0.0556 e. The van der Waals surface area contributed by atoms with E-state index in [0.29, 0.717) is 0 Å². The molecule has 0 saturated heterocycles. The van der Waals surface area contributed by atoms with Crippen LogP contribution in [0, 0.1) is 0 Å². The molecule has 0 aliphatic carbocycles. The van der Waals surface area contributed by atoms with Crippen molar-refractivity contribution in [3.63, 3.8) is 0 Å². The molecule has 0 saturated carbocycles. The summed E-state index contributed by atoms with van der Waals surface area (Å²) in [6, 6.07) is 0. The molecule has 0 aliphatic rings. The third-order valence-electron chi connectivity index (χ3n) is 1.55. The lowest BCUT2D eigenvalue weighted by Gasteiger charge is -2.14. The van der Waals surface area contributed by atoms with Crippen LogP contribution in [0.1, 0.15) is 27.7 Å². The molecule has 3 heteroatoms. The summed E-state index contributed by atoms with van der Waals surface area (Å²) in [4.78, 5) is 0. The molecule has 0 radical (unpaired) electrons. The molecule has 11 heavy (non-hydrogen) atoms. The van der Waals surface area contributed by atoms with Crippen molar-refractivity contribution in [2.24, 2.45) is 0 Å². The van der Waals surface area contributed by atoms with Gasteiger partial charge in [-0.2, -0.15) is 0 Å². The van der Waals surface area contributed by atoms with Gasteiger partial charge in [-0.05, 0) is 27.7 Å². The van der Waals surface area contributed by atoms with E-state index in [1.165, 1.54) is 11.2 Å². The number of allylic oxidation sites excluding steroid dienone is 1. The molecule has 0 bridgehead atoms. The molecule has 1 nitrogen and oxygen atoms in total. The Morgan fingerprint density at radius 1 is 1.45 bits per heavy atom. The van der Waals surface area contributed by atoms with E-state index >= 15 is 0 Å². The first-order valence-corrected chi connectivity index (χ1v) is 7.80. The third kappa shape index (κ3) is 10.1. The minimum atomic E-state index is -0.317. The quantitative estimate of drug-likeness (QED) is 0.499. The van der Waals surface area contributed by atoms with Gasteiger partial charge in [0.2, 0.25) is 0 Å². The molecule has 0 aliphatic heterocycles. The fraction of sp³-hybridized carbons (Fsp3) is 0.750. The summed E-state index contributed by atoms with van der Waals surface area (Å²) in [5.74, 6) is 0. The highest BCUT2D eigenvalue weighted by molar-refractivity contribution is 6.60. The maximum atomic E-state index is 9.45. The molecular weight excluding hydrogens is 168 g/mol. The van der Waals surface area contributed by atoms with Crippen LogP contribution in [-0.2, 0) is 0 Å². The summed E-state index contributed by atoms with van der Waals surface area (Å²) in [6.45, 7) is 8.18. The number of rotatable bonds is 4. The maximum absolute atomic E-state index is 9.45. The second-order valence-electron chi connectivity index (χ2n) is 3.99. The summed E-state index contributed by atoms with van der Waals surface area (Å²) in [5.41, 5.74) is 5.19. The van der Waals surface area contributed by atoms with Gasteiger partial charge in [0, 0.05) is 14.7 Å². The molecule has 0 aromatic rings. The zero-order chi connectivity index (χ0) is 8.91. The predicted octanol–water partition coefficient (Wildman–Crippen LogP) is 0.352. The van der Waals surface area contributed by atoms with Crippen LogP contribution in [0.4, 0.5) is 0 Å². The smallest absolute Gasteiger partial charge is 0.0556 e. The molecule has 0 rings (SSSR count). The van der Waals surface area contributed by atoms with Crippen LogP contribution in [0.25, 0.3) is 0 Å².